The van der Waals surface area contributed by atoms with Crippen LogP contribution in [-0.4, -0.2) is 0 Å². The molecular formula is C46H31NO. The molecule has 2 nitrogen and oxygen atoms in total. The Kier molecular flexibility index (Phi) is 6.84. The lowest BCUT2D eigenvalue weighted by molar-refractivity contribution is 0.674. The summed E-state index contributed by atoms with van der Waals surface area (Å²) in [4.78, 5) is 2.30. The molecule has 0 atom stereocenters. The van der Waals surface area contributed by atoms with Crippen LogP contribution in [0.15, 0.2) is 192 Å². The summed E-state index contributed by atoms with van der Waals surface area (Å²) in [7, 11) is 0. The van der Waals surface area contributed by atoms with Crippen LogP contribution in [0.4, 0.5) is 17.1 Å². The Labute approximate surface area is 279 Å². The van der Waals surface area contributed by atoms with Gasteiger partial charge in [-0.25, -0.2) is 0 Å². The maximum absolute atomic E-state index is 6.80. The van der Waals surface area contributed by atoms with Crippen molar-refractivity contribution in [3.63, 3.8) is 0 Å². The summed E-state index contributed by atoms with van der Waals surface area (Å²) in [6, 6.07) is 66.6. The lowest BCUT2D eigenvalue weighted by Crippen LogP contribution is -2.09. The molecule has 0 aliphatic heterocycles. The molecule has 2 heteroatoms. The number of fused-ring (bicyclic) bond motifs is 5. The minimum absolute atomic E-state index is 0.909. The number of hydrogen-bond acceptors (Lipinski definition) is 2. The van der Waals surface area contributed by atoms with E-state index in [4.69, 9.17) is 4.42 Å². The lowest BCUT2D eigenvalue weighted by atomic mass is 9.95. The van der Waals surface area contributed by atoms with E-state index in [0.29, 0.717) is 0 Å². The zero-order valence-electron chi connectivity index (χ0n) is 26.3. The molecule has 0 amide bonds. The van der Waals surface area contributed by atoms with Gasteiger partial charge in [-0.15, -0.1) is 0 Å². The summed E-state index contributed by atoms with van der Waals surface area (Å²) in [6.07, 6.45) is 0. The Balaban J connectivity index is 1.14. The molecule has 9 rings (SSSR count). The fraction of sp³-hybridized carbons (Fsp3) is 0. The highest BCUT2D eigenvalue weighted by molar-refractivity contribution is 6.20. The van der Waals surface area contributed by atoms with Gasteiger partial charge in [0.05, 0.1) is 0 Å². The SMILES string of the molecule is c1ccc(-c2ccc(N(c3ccccc3)c3ccc(-c4cccc5c4oc4c6ccccc6c(-c6ccccc6)cc54)cc3)cc2)cc1. The first kappa shape index (κ1) is 27.9. The van der Waals surface area contributed by atoms with Crippen LogP contribution in [0.1, 0.15) is 0 Å². The highest BCUT2D eigenvalue weighted by atomic mass is 16.3. The van der Waals surface area contributed by atoms with Crippen molar-refractivity contribution >= 4 is 49.8 Å². The van der Waals surface area contributed by atoms with Gasteiger partial charge in [0, 0.05) is 38.8 Å². The number of rotatable bonds is 6. The normalized spacial score (nSPS) is 11.3. The highest BCUT2D eigenvalue weighted by Gasteiger charge is 2.18. The van der Waals surface area contributed by atoms with Crippen molar-refractivity contribution in [1.82, 2.24) is 0 Å². The standard InChI is InChI=1S/C46H31NO/c1-4-13-32(14-5-1)33-23-27-37(28-24-33)47(36-17-8-3-9-18-36)38-29-25-35(26-30-38)39-21-12-22-42-44-31-43(34-15-6-2-7-16-34)40-19-10-11-20-41(40)46(44)48-45(39)42/h1-31H. The van der Waals surface area contributed by atoms with E-state index in [-0.39, 0.29) is 0 Å². The van der Waals surface area contributed by atoms with E-state index < -0.39 is 0 Å². The average Bonchev–Trinajstić information content (AvgIpc) is 3.56. The molecule has 9 aromatic rings. The van der Waals surface area contributed by atoms with Crippen LogP contribution >= 0.6 is 0 Å². The molecule has 0 spiro atoms. The average molecular weight is 614 g/mol. The smallest absolute Gasteiger partial charge is 0.143 e. The Bertz CT molecular complexity index is 2520. The van der Waals surface area contributed by atoms with Gasteiger partial charge in [-0.3, -0.25) is 0 Å². The molecule has 0 N–H and O–H groups in total. The van der Waals surface area contributed by atoms with Crippen molar-refractivity contribution in [1.29, 1.82) is 0 Å². The molecular weight excluding hydrogens is 583 g/mol. The molecule has 8 aromatic carbocycles. The fourth-order valence-electron chi connectivity index (χ4n) is 6.95. The summed E-state index contributed by atoms with van der Waals surface area (Å²) in [5.74, 6) is 0. The first-order chi connectivity index (χ1) is 23.8. The first-order valence-corrected chi connectivity index (χ1v) is 16.4. The van der Waals surface area contributed by atoms with Gasteiger partial charge in [-0.1, -0.05) is 146 Å². The lowest BCUT2D eigenvalue weighted by Gasteiger charge is -2.26. The molecule has 0 fully saturated rings. The monoisotopic (exact) mass is 613 g/mol. The Hall–Kier alpha value is -6.38. The van der Waals surface area contributed by atoms with E-state index >= 15 is 0 Å². The first-order valence-electron chi connectivity index (χ1n) is 16.4. The second-order valence-electron chi connectivity index (χ2n) is 12.1. The maximum atomic E-state index is 6.80. The molecule has 0 aliphatic carbocycles. The minimum Gasteiger partial charge on any atom is -0.455 e. The van der Waals surface area contributed by atoms with Gasteiger partial charge in [-0.2, -0.15) is 0 Å². The van der Waals surface area contributed by atoms with Crippen LogP contribution in [0.25, 0.3) is 66.1 Å². The molecule has 48 heavy (non-hydrogen) atoms. The van der Waals surface area contributed by atoms with Gasteiger partial charge in [0.2, 0.25) is 0 Å². The largest absolute Gasteiger partial charge is 0.455 e. The van der Waals surface area contributed by atoms with Crippen molar-refractivity contribution in [3.8, 4) is 33.4 Å². The van der Waals surface area contributed by atoms with Crippen molar-refractivity contribution in [2.24, 2.45) is 0 Å². The third-order valence-electron chi connectivity index (χ3n) is 9.27. The molecule has 0 bridgehead atoms. The van der Waals surface area contributed by atoms with Crippen molar-refractivity contribution in [2.75, 3.05) is 4.90 Å². The topological polar surface area (TPSA) is 16.4 Å². The van der Waals surface area contributed by atoms with Gasteiger partial charge in [0.15, 0.2) is 0 Å². The van der Waals surface area contributed by atoms with E-state index in [9.17, 15) is 0 Å². The molecule has 1 heterocycles. The quantitative estimate of drug-likeness (QED) is 0.185. The van der Waals surface area contributed by atoms with E-state index in [1.165, 1.54) is 27.6 Å². The van der Waals surface area contributed by atoms with E-state index in [0.717, 1.165) is 55.5 Å². The number of anilines is 3. The highest BCUT2D eigenvalue weighted by Crippen LogP contribution is 2.43. The summed E-state index contributed by atoms with van der Waals surface area (Å²) in [5.41, 5.74) is 12.2. The van der Waals surface area contributed by atoms with Crippen LogP contribution in [0, 0.1) is 0 Å². The van der Waals surface area contributed by atoms with Gasteiger partial charge < -0.3 is 9.32 Å². The summed E-state index contributed by atoms with van der Waals surface area (Å²) >= 11 is 0. The van der Waals surface area contributed by atoms with Crippen molar-refractivity contribution < 1.29 is 4.42 Å². The predicted octanol–water partition coefficient (Wildman–Crippen LogP) is 13.2. The molecule has 0 radical (unpaired) electrons. The second-order valence-corrected chi connectivity index (χ2v) is 12.1. The molecule has 0 saturated heterocycles. The zero-order valence-corrected chi connectivity index (χ0v) is 26.3. The molecule has 226 valence electrons. The van der Waals surface area contributed by atoms with Crippen molar-refractivity contribution in [2.45, 2.75) is 0 Å². The molecule has 0 unspecified atom stereocenters. The Morgan fingerprint density at radius 2 is 0.750 bits per heavy atom. The third-order valence-corrected chi connectivity index (χ3v) is 9.27. The van der Waals surface area contributed by atoms with Gasteiger partial charge in [0.1, 0.15) is 11.2 Å². The van der Waals surface area contributed by atoms with Gasteiger partial charge in [0.25, 0.3) is 0 Å². The summed E-state index contributed by atoms with van der Waals surface area (Å²) < 4.78 is 6.80. The maximum Gasteiger partial charge on any atom is 0.143 e. The molecule has 0 saturated carbocycles. The fourth-order valence-corrected chi connectivity index (χ4v) is 6.95. The van der Waals surface area contributed by atoms with Gasteiger partial charge in [-0.05, 0) is 75.7 Å². The van der Waals surface area contributed by atoms with Gasteiger partial charge >= 0.3 is 0 Å². The number of benzene rings is 8. The van der Waals surface area contributed by atoms with Crippen molar-refractivity contribution in [3.05, 3.63) is 188 Å². The third kappa shape index (κ3) is 4.83. The number of hydrogen-bond donors (Lipinski definition) is 0. The van der Waals surface area contributed by atoms with Crippen LogP contribution in [-0.2, 0) is 0 Å². The molecule has 1 aromatic heterocycles. The Morgan fingerprint density at radius 3 is 1.42 bits per heavy atom. The minimum atomic E-state index is 0.909. The second kappa shape index (κ2) is 11.8. The number of nitrogens with zero attached hydrogens (tertiary/aromatic N) is 1. The van der Waals surface area contributed by atoms with E-state index in [1.807, 2.05) is 0 Å². The summed E-state index contributed by atoms with van der Waals surface area (Å²) in [5, 5.41) is 4.58. The van der Waals surface area contributed by atoms with E-state index in [2.05, 4.69) is 193 Å². The number of furan rings is 1. The van der Waals surface area contributed by atoms with Crippen LogP contribution in [0.3, 0.4) is 0 Å². The van der Waals surface area contributed by atoms with Crippen LogP contribution in [0.5, 0.6) is 0 Å². The van der Waals surface area contributed by atoms with E-state index in [1.54, 1.807) is 0 Å². The molecule has 0 aliphatic rings. The van der Waals surface area contributed by atoms with Crippen LogP contribution < -0.4 is 4.90 Å². The Morgan fingerprint density at radius 1 is 0.292 bits per heavy atom. The summed E-state index contributed by atoms with van der Waals surface area (Å²) in [6.45, 7) is 0. The zero-order chi connectivity index (χ0) is 31.9. The predicted molar refractivity (Wildman–Crippen MR) is 202 cm³/mol. The van der Waals surface area contributed by atoms with Crippen LogP contribution in [0.2, 0.25) is 0 Å². The number of para-hydroxylation sites is 2.